The highest BCUT2D eigenvalue weighted by atomic mass is 32.1. The molecule has 2 aromatic rings. The zero-order valence-electron chi connectivity index (χ0n) is 13.0. The van der Waals surface area contributed by atoms with Crippen LogP contribution in [0.25, 0.3) is 6.08 Å². The Bertz CT molecular complexity index is 632. The van der Waals surface area contributed by atoms with Gasteiger partial charge in [0.2, 0.25) is 5.91 Å². The van der Waals surface area contributed by atoms with Crippen LogP contribution in [0.4, 0.5) is 5.69 Å². The Kier molecular flexibility index (Phi) is 5.42. The molecule has 120 valence electrons. The van der Waals surface area contributed by atoms with E-state index in [1.807, 2.05) is 36.0 Å². The van der Waals surface area contributed by atoms with Crippen LogP contribution < -0.4 is 10.2 Å². The van der Waals surface area contributed by atoms with Crippen molar-refractivity contribution in [3.05, 3.63) is 53.0 Å². The summed E-state index contributed by atoms with van der Waals surface area (Å²) >= 11 is 1.63. The number of anilines is 1. The first-order valence-electron chi connectivity index (χ1n) is 7.95. The first-order chi connectivity index (χ1) is 11.3. The van der Waals surface area contributed by atoms with Crippen molar-refractivity contribution in [2.75, 3.05) is 24.5 Å². The normalized spacial score (nSPS) is 15.9. The maximum Gasteiger partial charge on any atom is 0.244 e. The predicted octanol–water partition coefficient (Wildman–Crippen LogP) is 3.19. The fourth-order valence-corrected chi connectivity index (χ4v) is 3.42. The lowest BCUT2D eigenvalue weighted by molar-refractivity contribution is -0.116. The summed E-state index contributed by atoms with van der Waals surface area (Å²) in [6.45, 7) is 2.84. The van der Waals surface area contributed by atoms with Gasteiger partial charge in [-0.3, -0.25) is 9.78 Å². The minimum absolute atomic E-state index is 0.00466. The molecular formula is C18H21N3OS. The molecule has 0 spiro atoms. The van der Waals surface area contributed by atoms with Crippen molar-refractivity contribution >= 4 is 29.0 Å². The average molecular weight is 327 g/mol. The number of carbonyl (C=O) groups is 1. The minimum atomic E-state index is -0.00466. The molecule has 0 radical (unpaired) electrons. The summed E-state index contributed by atoms with van der Waals surface area (Å²) < 4.78 is 0. The Labute approximate surface area is 140 Å². The van der Waals surface area contributed by atoms with E-state index < -0.39 is 0 Å². The number of nitrogens with one attached hydrogen (secondary N) is 1. The standard InChI is InChI=1S/C18H21N3OS/c22-18(4-3-17-2-1-13-23-17)20-14-15-7-11-21(12-8-15)16-5-9-19-10-6-16/h1-6,9-10,13,15H,7-8,11-12,14H2,(H,20,22). The number of aromatic nitrogens is 1. The lowest BCUT2D eigenvalue weighted by Crippen LogP contribution is -2.38. The van der Waals surface area contributed by atoms with Gasteiger partial charge in [-0.05, 0) is 48.4 Å². The van der Waals surface area contributed by atoms with E-state index in [1.165, 1.54) is 5.69 Å². The quantitative estimate of drug-likeness (QED) is 0.858. The Morgan fingerprint density at radius 3 is 2.78 bits per heavy atom. The minimum Gasteiger partial charge on any atom is -0.371 e. The van der Waals surface area contributed by atoms with Gasteiger partial charge in [-0.2, -0.15) is 0 Å². The van der Waals surface area contributed by atoms with Crippen molar-refractivity contribution in [3.63, 3.8) is 0 Å². The highest BCUT2D eigenvalue weighted by Gasteiger charge is 2.19. The molecule has 0 unspecified atom stereocenters. The molecule has 1 fully saturated rings. The number of hydrogen-bond donors (Lipinski definition) is 1. The molecule has 0 saturated carbocycles. The van der Waals surface area contributed by atoms with Crippen LogP contribution in [0.3, 0.4) is 0 Å². The van der Waals surface area contributed by atoms with Gasteiger partial charge in [0.1, 0.15) is 0 Å². The van der Waals surface area contributed by atoms with Gasteiger partial charge in [0, 0.05) is 48.7 Å². The zero-order chi connectivity index (χ0) is 15.9. The Balaban J connectivity index is 1.40. The molecule has 0 atom stereocenters. The lowest BCUT2D eigenvalue weighted by Gasteiger charge is -2.33. The Morgan fingerprint density at radius 2 is 2.09 bits per heavy atom. The maximum atomic E-state index is 11.9. The molecule has 5 heteroatoms. The number of pyridine rings is 1. The number of nitrogens with zero attached hydrogens (tertiary/aromatic N) is 2. The van der Waals surface area contributed by atoms with Crippen LogP contribution in [0.5, 0.6) is 0 Å². The van der Waals surface area contributed by atoms with Crippen molar-refractivity contribution in [1.82, 2.24) is 10.3 Å². The number of piperidine rings is 1. The van der Waals surface area contributed by atoms with Crippen LogP contribution >= 0.6 is 11.3 Å². The molecule has 2 aromatic heterocycles. The van der Waals surface area contributed by atoms with Gasteiger partial charge in [-0.25, -0.2) is 0 Å². The van der Waals surface area contributed by atoms with E-state index in [2.05, 4.69) is 27.3 Å². The summed E-state index contributed by atoms with van der Waals surface area (Å²) in [7, 11) is 0. The molecule has 3 rings (SSSR count). The second-order valence-corrected chi connectivity index (χ2v) is 6.71. The Morgan fingerprint density at radius 1 is 1.30 bits per heavy atom. The fourth-order valence-electron chi connectivity index (χ4n) is 2.80. The fraction of sp³-hybridized carbons (Fsp3) is 0.333. The largest absolute Gasteiger partial charge is 0.371 e. The first kappa shape index (κ1) is 15.7. The summed E-state index contributed by atoms with van der Waals surface area (Å²) in [5, 5.41) is 5.03. The van der Waals surface area contributed by atoms with Gasteiger partial charge in [0.25, 0.3) is 0 Å². The average Bonchev–Trinajstić information content (AvgIpc) is 3.13. The van der Waals surface area contributed by atoms with Crippen molar-refractivity contribution in [1.29, 1.82) is 0 Å². The lowest BCUT2D eigenvalue weighted by atomic mass is 9.96. The monoisotopic (exact) mass is 327 g/mol. The first-order valence-corrected chi connectivity index (χ1v) is 8.83. The summed E-state index contributed by atoms with van der Waals surface area (Å²) in [4.78, 5) is 19.4. The van der Waals surface area contributed by atoms with Gasteiger partial charge in [0.15, 0.2) is 0 Å². The molecule has 1 aliphatic heterocycles. The van der Waals surface area contributed by atoms with E-state index in [0.29, 0.717) is 5.92 Å². The van der Waals surface area contributed by atoms with Crippen LogP contribution in [0.1, 0.15) is 17.7 Å². The van der Waals surface area contributed by atoms with Crippen molar-refractivity contribution in [2.24, 2.45) is 5.92 Å². The van der Waals surface area contributed by atoms with E-state index in [4.69, 9.17) is 0 Å². The second-order valence-electron chi connectivity index (χ2n) is 5.73. The zero-order valence-corrected chi connectivity index (χ0v) is 13.8. The van der Waals surface area contributed by atoms with Crippen LogP contribution in [0.2, 0.25) is 0 Å². The van der Waals surface area contributed by atoms with E-state index in [1.54, 1.807) is 17.4 Å². The molecule has 1 aliphatic rings. The van der Waals surface area contributed by atoms with Gasteiger partial charge in [0.05, 0.1) is 0 Å². The molecule has 1 N–H and O–H groups in total. The van der Waals surface area contributed by atoms with E-state index in [9.17, 15) is 4.79 Å². The molecule has 3 heterocycles. The van der Waals surface area contributed by atoms with Gasteiger partial charge in [-0.1, -0.05) is 6.07 Å². The van der Waals surface area contributed by atoms with E-state index in [-0.39, 0.29) is 5.91 Å². The van der Waals surface area contributed by atoms with E-state index >= 15 is 0 Å². The van der Waals surface area contributed by atoms with Crippen molar-refractivity contribution in [2.45, 2.75) is 12.8 Å². The number of carbonyl (C=O) groups excluding carboxylic acids is 1. The third kappa shape index (κ3) is 4.66. The van der Waals surface area contributed by atoms with Gasteiger partial charge < -0.3 is 10.2 Å². The topological polar surface area (TPSA) is 45.2 Å². The van der Waals surface area contributed by atoms with Crippen LogP contribution in [0.15, 0.2) is 48.1 Å². The maximum absolute atomic E-state index is 11.9. The molecular weight excluding hydrogens is 306 g/mol. The van der Waals surface area contributed by atoms with Gasteiger partial charge >= 0.3 is 0 Å². The van der Waals surface area contributed by atoms with Crippen LogP contribution in [-0.2, 0) is 4.79 Å². The Hall–Kier alpha value is -2.14. The summed E-state index contributed by atoms with van der Waals surface area (Å²) in [5.41, 5.74) is 1.24. The SMILES string of the molecule is O=C(C=Cc1cccs1)NCC1CCN(c2ccncc2)CC1. The predicted molar refractivity (Wildman–Crippen MR) is 95.5 cm³/mol. The summed E-state index contributed by atoms with van der Waals surface area (Å²) in [6, 6.07) is 8.09. The third-order valence-electron chi connectivity index (χ3n) is 4.15. The molecule has 0 bridgehead atoms. The van der Waals surface area contributed by atoms with Crippen LogP contribution in [-0.4, -0.2) is 30.5 Å². The number of hydrogen-bond acceptors (Lipinski definition) is 4. The molecule has 1 saturated heterocycles. The molecule has 23 heavy (non-hydrogen) atoms. The third-order valence-corrected chi connectivity index (χ3v) is 4.99. The summed E-state index contributed by atoms with van der Waals surface area (Å²) in [6.07, 6.45) is 9.38. The molecule has 1 amide bonds. The molecule has 0 aromatic carbocycles. The molecule has 0 aliphatic carbocycles. The number of rotatable bonds is 5. The van der Waals surface area contributed by atoms with Crippen molar-refractivity contribution in [3.8, 4) is 0 Å². The highest BCUT2D eigenvalue weighted by molar-refractivity contribution is 7.10. The van der Waals surface area contributed by atoms with E-state index in [0.717, 1.165) is 37.4 Å². The number of thiophene rings is 1. The van der Waals surface area contributed by atoms with Crippen LogP contribution in [0, 0.1) is 5.92 Å². The highest BCUT2D eigenvalue weighted by Crippen LogP contribution is 2.22. The second kappa shape index (κ2) is 7.92. The smallest absolute Gasteiger partial charge is 0.244 e. The summed E-state index contributed by atoms with van der Waals surface area (Å²) in [5.74, 6) is 0.558. The van der Waals surface area contributed by atoms with Crippen molar-refractivity contribution < 1.29 is 4.79 Å². The van der Waals surface area contributed by atoms with Gasteiger partial charge in [-0.15, -0.1) is 11.3 Å². The number of amides is 1. The molecule has 4 nitrogen and oxygen atoms in total.